The Balaban J connectivity index is 1.72. The van der Waals surface area contributed by atoms with Crippen molar-refractivity contribution in [1.82, 2.24) is 0 Å². The molecule has 3 aromatic rings. The number of carbonyl (C=O) groups excluding carboxylic acids is 1. The van der Waals surface area contributed by atoms with Crippen molar-refractivity contribution in [3.05, 3.63) is 81.2 Å². The molecule has 0 radical (unpaired) electrons. The van der Waals surface area contributed by atoms with Gasteiger partial charge in [0.25, 0.3) is 0 Å². The van der Waals surface area contributed by atoms with Crippen LogP contribution in [0.3, 0.4) is 0 Å². The van der Waals surface area contributed by atoms with E-state index in [2.05, 4.69) is 6.07 Å². The van der Waals surface area contributed by atoms with Crippen LogP contribution in [0.25, 0.3) is 10.4 Å². The molecule has 0 atom stereocenters. The van der Waals surface area contributed by atoms with E-state index < -0.39 is 11.6 Å². The van der Waals surface area contributed by atoms with Gasteiger partial charge in [-0.25, -0.2) is 8.78 Å². The molecule has 0 aliphatic heterocycles. The fraction of sp³-hybridized carbons (Fsp3) is 0.182. The monoisotopic (exact) mass is 379 g/mol. The molecule has 134 valence electrons. The molecule has 0 saturated heterocycles. The molecule has 4 rings (SSSR count). The van der Waals surface area contributed by atoms with Crippen molar-refractivity contribution in [2.45, 2.75) is 25.7 Å². The molecule has 5 heteroatoms. The summed E-state index contributed by atoms with van der Waals surface area (Å²) in [5.74, 6) is -1.70. The number of ketones is 1. The summed E-state index contributed by atoms with van der Waals surface area (Å²) in [6.45, 7) is 0. The number of Topliss-reactive ketones (excluding diaryl/α,β-unsaturated/α-hetero) is 1. The number of nitriles is 1. The van der Waals surface area contributed by atoms with E-state index >= 15 is 0 Å². The first-order valence-corrected chi connectivity index (χ1v) is 9.50. The van der Waals surface area contributed by atoms with Crippen molar-refractivity contribution < 1.29 is 13.6 Å². The smallest absolute Gasteiger partial charge is 0.177 e. The van der Waals surface area contributed by atoms with Gasteiger partial charge in [0.2, 0.25) is 0 Å². The number of thiophene rings is 1. The maximum Gasteiger partial charge on any atom is 0.177 e. The van der Waals surface area contributed by atoms with Gasteiger partial charge in [-0.05, 0) is 66.3 Å². The van der Waals surface area contributed by atoms with E-state index in [0.717, 1.165) is 53.0 Å². The van der Waals surface area contributed by atoms with Gasteiger partial charge in [-0.1, -0.05) is 12.1 Å². The molecule has 0 spiro atoms. The average Bonchev–Trinajstić information content (AvgIpc) is 3.02. The van der Waals surface area contributed by atoms with Gasteiger partial charge in [-0.3, -0.25) is 4.79 Å². The third-order valence-electron chi connectivity index (χ3n) is 4.86. The molecule has 0 fully saturated rings. The second kappa shape index (κ2) is 7.05. The van der Waals surface area contributed by atoms with Crippen LogP contribution in [0.5, 0.6) is 0 Å². The predicted molar refractivity (Wildman–Crippen MR) is 101 cm³/mol. The summed E-state index contributed by atoms with van der Waals surface area (Å²) in [4.78, 5) is 14.2. The standard InChI is InChI=1S/C22H15F2NOS/c23-18-5-2-6-19(24)17(18)11-20(26)21-10-15-4-1-3-14-8-7-13(12-25)9-16(14)22(15)27-21/h2,5-10H,1,3-4,11H2. The fourth-order valence-electron chi connectivity index (χ4n) is 3.47. The molecule has 1 aliphatic rings. The Morgan fingerprint density at radius 3 is 2.56 bits per heavy atom. The Bertz CT molecular complexity index is 1070. The van der Waals surface area contributed by atoms with Gasteiger partial charge in [0.15, 0.2) is 5.78 Å². The molecule has 0 amide bonds. The maximum atomic E-state index is 13.9. The van der Waals surface area contributed by atoms with Crippen LogP contribution < -0.4 is 0 Å². The summed E-state index contributed by atoms with van der Waals surface area (Å²) in [6, 6.07) is 13.3. The lowest BCUT2D eigenvalue weighted by atomic mass is 10.0. The Labute approximate surface area is 159 Å². The number of rotatable bonds is 3. The fourth-order valence-corrected chi connectivity index (χ4v) is 4.67. The first-order valence-electron chi connectivity index (χ1n) is 8.69. The molecule has 1 aliphatic carbocycles. The lowest BCUT2D eigenvalue weighted by Crippen LogP contribution is -2.05. The molecular weight excluding hydrogens is 364 g/mol. The van der Waals surface area contributed by atoms with E-state index in [9.17, 15) is 18.8 Å². The molecule has 1 aromatic heterocycles. The van der Waals surface area contributed by atoms with E-state index in [-0.39, 0.29) is 17.8 Å². The quantitative estimate of drug-likeness (QED) is 0.566. The first-order chi connectivity index (χ1) is 13.1. The van der Waals surface area contributed by atoms with Gasteiger partial charge in [-0.15, -0.1) is 11.3 Å². The van der Waals surface area contributed by atoms with E-state index in [1.165, 1.54) is 17.4 Å². The summed E-state index contributed by atoms with van der Waals surface area (Å²) in [6.07, 6.45) is 2.41. The van der Waals surface area contributed by atoms with Crippen LogP contribution in [0.1, 0.15) is 38.3 Å². The molecule has 0 unspecified atom stereocenters. The van der Waals surface area contributed by atoms with Crippen LogP contribution in [-0.4, -0.2) is 5.78 Å². The molecule has 0 N–H and O–H groups in total. The van der Waals surface area contributed by atoms with Gasteiger partial charge in [0.05, 0.1) is 16.5 Å². The second-order valence-corrected chi connectivity index (χ2v) is 7.65. The van der Waals surface area contributed by atoms with E-state index in [0.29, 0.717) is 10.4 Å². The Kier molecular flexibility index (Phi) is 4.59. The predicted octanol–water partition coefficient (Wildman–Crippen LogP) is 5.48. The number of hydrogen-bond donors (Lipinski definition) is 0. The van der Waals surface area contributed by atoms with E-state index in [1.54, 1.807) is 0 Å². The third-order valence-corrected chi connectivity index (χ3v) is 6.11. The van der Waals surface area contributed by atoms with Crippen LogP contribution in [0.4, 0.5) is 8.78 Å². The largest absolute Gasteiger partial charge is 0.293 e. The SMILES string of the molecule is N#Cc1ccc2c(c1)-c1sc(C(=O)Cc3c(F)cccc3F)cc1CCC2. The molecule has 27 heavy (non-hydrogen) atoms. The minimum Gasteiger partial charge on any atom is -0.293 e. The van der Waals surface area contributed by atoms with Crippen LogP contribution in [0.15, 0.2) is 42.5 Å². The van der Waals surface area contributed by atoms with Gasteiger partial charge >= 0.3 is 0 Å². The molecule has 0 bridgehead atoms. The summed E-state index contributed by atoms with van der Waals surface area (Å²) >= 11 is 1.35. The van der Waals surface area contributed by atoms with Gasteiger partial charge in [-0.2, -0.15) is 5.26 Å². The summed E-state index contributed by atoms with van der Waals surface area (Å²) in [5, 5.41) is 9.20. The molecule has 2 nitrogen and oxygen atoms in total. The Hall–Kier alpha value is -2.84. The Morgan fingerprint density at radius 2 is 1.81 bits per heavy atom. The van der Waals surface area contributed by atoms with Crippen LogP contribution in [0, 0.1) is 23.0 Å². The highest BCUT2D eigenvalue weighted by Crippen LogP contribution is 2.39. The molecular formula is C22H15F2NOS. The number of hydrogen-bond acceptors (Lipinski definition) is 3. The molecule has 1 heterocycles. The minimum absolute atomic E-state index is 0.196. The van der Waals surface area contributed by atoms with Gasteiger partial charge in [0.1, 0.15) is 11.6 Å². The second-order valence-electron chi connectivity index (χ2n) is 6.60. The zero-order chi connectivity index (χ0) is 19.0. The Morgan fingerprint density at radius 1 is 1.07 bits per heavy atom. The van der Waals surface area contributed by atoms with Crippen LogP contribution >= 0.6 is 11.3 Å². The zero-order valence-electron chi connectivity index (χ0n) is 14.4. The summed E-state index contributed by atoms with van der Waals surface area (Å²) in [5.41, 5.74) is 3.59. The van der Waals surface area contributed by atoms with Crippen LogP contribution in [-0.2, 0) is 19.3 Å². The highest BCUT2D eigenvalue weighted by Gasteiger charge is 2.22. The van der Waals surface area contributed by atoms with Gasteiger partial charge < -0.3 is 0 Å². The maximum absolute atomic E-state index is 13.9. The minimum atomic E-state index is -0.703. The first kappa shape index (κ1) is 17.6. The number of carbonyl (C=O) groups is 1. The van der Waals surface area contributed by atoms with Gasteiger partial charge in [0, 0.05) is 16.9 Å². The zero-order valence-corrected chi connectivity index (χ0v) is 15.2. The van der Waals surface area contributed by atoms with Crippen molar-refractivity contribution in [3.63, 3.8) is 0 Å². The highest BCUT2D eigenvalue weighted by molar-refractivity contribution is 7.17. The number of halogens is 2. The van der Waals surface area contributed by atoms with Crippen molar-refractivity contribution in [3.8, 4) is 16.5 Å². The lowest BCUT2D eigenvalue weighted by molar-refractivity contribution is 0.0994. The average molecular weight is 379 g/mol. The van der Waals surface area contributed by atoms with Crippen molar-refractivity contribution >= 4 is 17.1 Å². The number of benzene rings is 2. The summed E-state index contributed by atoms with van der Waals surface area (Å²) in [7, 11) is 0. The van der Waals surface area contributed by atoms with E-state index in [4.69, 9.17) is 0 Å². The summed E-state index contributed by atoms with van der Waals surface area (Å²) < 4.78 is 27.7. The third kappa shape index (κ3) is 3.29. The van der Waals surface area contributed by atoms with Crippen LogP contribution in [0.2, 0.25) is 0 Å². The number of fused-ring (bicyclic) bond motifs is 3. The number of aryl methyl sites for hydroxylation is 2. The normalized spacial score (nSPS) is 12.6. The number of nitrogens with zero attached hydrogens (tertiary/aromatic N) is 1. The lowest BCUT2D eigenvalue weighted by Gasteiger charge is -2.06. The van der Waals surface area contributed by atoms with Crippen molar-refractivity contribution in [2.24, 2.45) is 0 Å². The van der Waals surface area contributed by atoms with Crippen molar-refractivity contribution in [2.75, 3.05) is 0 Å². The molecule has 0 saturated carbocycles. The highest BCUT2D eigenvalue weighted by atomic mass is 32.1. The van der Waals surface area contributed by atoms with E-state index in [1.807, 2.05) is 24.3 Å². The topological polar surface area (TPSA) is 40.9 Å². The van der Waals surface area contributed by atoms with Crippen molar-refractivity contribution in [1.29, 1.82) is 5.26 Å². The molecule has 2 aromatic carbocycles.